The number of primary amides is 1. The van der Waals surface area contributed by atoms with Crippen molar-refractivity contribution < 1.29 is 19.1 Å². The number of hydrogen-bond donors (Lipinski definition) is 3. The van der Waals surface area contributed by atoms with Gasteiger partial charge in [-0.25, -0.2) is 4.79 Å². The lowest BCUT2D eigenvalue weighted by molar-refractivity contribution is -0.125. The second-order valence-electron chi connectivity index (χ2n) is 8.73. The number of nitrogens with one attached hydrogen (secondary N) is 2. The molecule has 7 heteroatoms. The average molecular weight is 389 g/mol. The maximum absolute atomic E-state index is 12.9. The highest BCUT2D eigenvalue weighted by Gasteiger charge is 2.38. The van der Waals surface area contributed by atoms with E-state index in [9.17, 15) is 14.4 Å². The van der Waals surface area contributed by atoms with Crippen LogP contribution in [0.4, 0.5) is 4.79 Å². The molecule has 0 bridgehead atoms. The Labute approximate surface area is 166 Å². The van der Waals surface area contributed by atoms with Gasteiger partial charge in [-0.3, -0.25) is 9.59 Å². The molecule has 0 spiro atoms. The molecule has 1 aliphatic carbocycles. The van der Waals surface area contributed by atoms with Gasteiger partial charge >= 0.3 is 6.09 Å². The average Bonchev–Trinajstić information content (AvgIpc) is 2.89. The lowest BCUT2D eigenvalue weighted by Crippen LogP contribution is -2.52. The molecule has 154 valence electrons. The third kappa shape index (κ3) is 5.71. The Kier molecular flexibility index (Phi) is 6.69. The van der Waals surface area contributed by atoms with Crippen molar-refractivity contribution in [2.24, 2.45) is 11.7 Å². The summed E-state index contributed by atoms with van der Waals surface area (Å²) in [6.45, 7) is 9.22. The number of carbonyl (C=O) groups excluding carboxylic acids is 3. The lowest BCUT2D eigenvalue weighted by Gasteiger charge is -2.26. The minimum atomic E-state index is -0.757. The summed E-state index contributed by atoms with van der Waals surface area (Å²) in [6, 6.07) is 6.35. The summed E-state index contributed by atoms with van der Waals surface area (Å²) in [4.78, 5) is 37.1. The van der Waals surface area contributed by atoms with Crippen LogP contribution in [0.15, 0.2) is 24.3 Å². The Bertz CT molecular complexity index is 739. The van der Waals surface area contributed by atoms with Gasteiger partial charge in [0, 0.05) is 6.04 Å². The summed E-state index contributed by atoms with van der Waals surface area (Å²) >= 11 is 0. The van der Waals surface area contributed by atoms with Gasteiger partial charge in [0.05, 0.1) is 5.92 Å². The van der Waals surface area contributed by atoms with Gasteiger partial charge in [-0.15, -0.1) is 0 Å². The van der Waals surface area contributed by atoms with Gasteiger partial charge in [-0.1, -0.05) is 38.1 Å². The monoisotopic (exact) mass is 389 g/mol. The van der Waals surface area contributed by atoms with E-state index in [0.717, 1.165) is 11.1 Å². The minimum absolute atomic E-state index is 0.179. The van der Waals surface area contributed by atoms with E-state index in [1.807, 2.05) is 38.1 Å². The molecule has 0 aromatic heterocycles. The molecule has 3 atom stereocenters. The summed E-state index contributed by atoms with van der Waals surface area (Å²) in [6.07, 6.45) is 0.331. The SMILES string of the molecule is CC(C)C[C@H](NC(=O)OC(C)(C)C)C(=O)NC1Cc2ccccc2C1C(N)=O. The zero-order valence-electron chi connectivity index (χ0n) is 17.2. The first kappa shape index (κ1) is 21.7. The fourth-order valence-corrected chi connectivity index (χ4v) is 3.52. The number of rotatable bonds is 6. The van der Waals surface area contributed by atoms with E-state index in [-0.39, 0.29) is 11.8 Å². The van der Waals surface area contributed by atoms with Crippen molar-refractivity contribution in [3.63, 3.8) is 0 Å². The molecule has 0 fully saturated rings. The maximum Gasteiger partial charge on any atom is 0.408 e. The van der Waals surface area contributed by atoms with Crippen LogP contribution in [0.25, 0.3) is 0 Å². The van der Waals surface area contributed by atoms with E-state index in [4.69, 9.17) is 10.5 Å². The van der Waals surface area contributed by atoms with Crippen molar-refractivity contribution in [2.45, 2.75) is 71.1 Å². The van der Waals surface area contributed by atoms with Crippen molar-refractivity contribution in [2.75, 3.05) is 0 Å². The molecular formula is C21H31N3O4. The van der Waals surface area contributed by atoms with E-state index in [1.54, 1.807) is 20.8 Å². The van der Waals surface area contributed by atoms with Crippen molar-refractivity contribution in [3.05, 3.63) is 35.4 Å². The van der Waals surface area contributed by atoms with E-state index < -0.39 is 35.6 Å². The van der Waals surface area contributed by atoms with Crippen molar-refractivity contribution >= 4 is 17.9 Å². The predicted octanol–water partition coefficient (Wildman–Crippen LogP) is 2.24. The largest absolute Gasteiger partial charge is 0.444 e. The van der Waals surface area contributed by atoms with Gasteiger partial charge in [0.15, 0.2) is 0 Å². The highest BCUT2D eigenvalue weighted by Crippen LogP contribution is 2.33. The third-order valence-electron chi connectivity index (χ3n) is 4.58. The molecule has 1 aromatic carbocycles. The summed E-state index contributed by atoms with van der Waals surface area (Å²) in [7, 11) is 0. The van der Waals surface area contributed by atoms with Crippen LogP contribution >= 0.6 is 0 Å². The molecule has 7 nitrogen and oxygen atoms in total. The quantitative estimate of drug-likeness (QED) is 0.693. The zero-order valence-corrected chi connectivity index (χ0v) is 17.2. The number of carbonyl (C=O) groups is 3. The Morgan fingerprint density at radius 2 is 1.86 bits per heavy atom. The molecule has 2 rings (SSSR count). The van der Waals surface area contributed by atoms with Gasteiger partial charge in [-0.2, -0.15) is 0 Å². The summed E-state index contributed by atoms with van der Waals surface area (Å²) in [5.74, 6) is -1.22. The van der Waals surface area contributed by atoms with Gasteiger partial charge in [0.2, 0.25) is 11.8 Å². The third-order valence-corrected chi connectivity index (χ3v) is 4.58. The number of benzene rings is 1. The Hall–Kier alpha value is -2.57. The minimum Gasteiger partial charge on any atom is -0.444 e. The number of nitrogens with two attached hydrogens (primary N) is 1. The Balaban J connectivity index is 2.12. The number of fused-ring (bicyclic) bond motifs is 1. The van der Waals surface area contributed by atoms with Crippen LogP contribution in [0.2, 0.25) is 0 Å². The molecular weight excluding hydrogens is 358 g/mol. The van der Waals surface area contributed by atoms with Crippen molar-refractivity contribution in [1.29, 1.82) is 0 Å². The summed E-state index contributed by atoms with van der Waals surface area (Å²) in [5.41, 5.74) is 6.79. The predicted molar refractivity (Wildman–Crippen MR) is 107 cm³/mol. The summed E-state index contributed by atoms with van der Waals surface area (Å²) in [5, 5.41) is 5.58. The molecule has 3 amide bonds. The molecule has 1 aromatic rings. The number of alkyl carbamates (subject to hydrolysis) is 1. The standard InChI is InChI=1S/C21H31N3O4/c1-12(2)10-16(24-20(27)28-21(3,4)5)19(26)23-15-11-13-8-6-7-9-14(13)17(15)18(22)25/h6-9,12,15-17H,10-11H2,1-5H3,(H2,22,25)(H,23,26)(H,24,27)/t15?,16-,17?/m0/s1. The lowest BCUT2D eigenvalue weighted by atomic mass is 9.96. The van der Waals surface area contributed by atoms with Crippen LogP contribution in [0.1, 0.15) is 58.1 Å². The fraction of sp³-hybridized carbons (Fsp3) is 0.571. The highest BCUT2D eigenvalue weighted by molar-refractivity contribution is 5.89. The smallest absolute Gasteiger partial charge is 0.408 e. The zero-order chi connectivity index (χ0) is 21.1. The van der Waals surface area contributed by atoms with Crippen molar-refractivity contribution in [3.8, 4) is 0 Å². The molecule has 28 heavy (non-hydrogen) atoms. The first-order chi connectivity index (χ1) is 13.0. The second-order valence-corrected chi connectivity index (χ2v) is 8.73. The van der Waals surface area contributed by atoms with E-state index >= 15 is 0 Å². The van der Waals surface area contributed by atoms with Gasteiger partial charge in [-0.05, 0) is 50.7 Å². The molecule has 0 radical (unpaired) electrons. The first-order valence-electron chi connectivity index (χ1n) is 9.65. The maximum atomic E-state index is 12.9. The highest BCUT2D eigenvalue weighted by atomic mass is 16.6. The van der Waals surface area contributed by atoms with E-state index in [2.05, 4.69) is 10.6 Å². The molecule has 0 saturated heterocycles. The topological polar surface area (TPSA) is 111 Å². The molecule has 2 unspecified atom stereocenters. The van der Waals surface area contributed by atoms with Gasteiger partial charge in [0.1, 0.15) is 11.6 Å². The number of hydrogen-bond acceptors (Lipinski definition) is 4. The Morgan fingerprint density at radius 3 is 2.43 bits per heavy atom. The van der Waals surface area contributed by atoms with E-state index in [1.165, 1.54) is 0 Å². The number of amides is 3. The number of ether oxygens (including phenoxy) is 1. The van der Waals surface area contributed by atoms with Crippen LogP contribution in [-0.4, -0.2) is 35.6 Å². The molecule has 1 aliphatic rings. The summed E-state index contributed by atoms with van der Waals surface area (Å²) < 4.78 is 5.28. The normalized spacial score (nSPS) is 19.6. The Morgan fingerprint density at radius 1 is 1.21 bits per heavy atom. The molecule has 0 aliphatic heterocycles. The first-order valence-corrected chi connectivity index (χ1v) is 9.65. The van der Waals surface area contributed by atoms with Crippen LogP contribution in [0.3, 0.4) is 0 Å². The van der Waals surface area contributed by atoms with Crippen LogP contribution in [-0.2, 0) is 20.7 Å². The van der Waals surface area contributed by atoms with E-state index in [0.29, 0.717) is 12.8 Å². The second kappa shape index (κ2) is 8.63. The van der Waals surface area contributed by atoms with Crippen LogP contribution in [0, 0.1) is 5.92 Å². The van der Waals surface area contributed by atoms with Gasteiger partial charge < -0.3 is 21.1 Å². The molecule has 4 N–H and O–H groups in total. The van der Waals surface area contributed by atoms with Crippen molar-refractivity contribution in [1.82, 2.24) is 10.6 Å². The van der Waals surface area contributed by atoms with Crippen LogP contribution in [0.5, 0.6) is 0 Å². The molecule has 0 saturated carbocycles. The molecule has 0 heterocycles. The fourth-order valence-electron chi connectivity index (χ4n) is 3.52. The van der Waals surface area contributed by atoms with Crippen LogP contribution < -0.4 is 16.4 Å². The van der Waals surface area contributed by atoms with Gasteiger partial charge in [0.25, 0.3) is 0 Å².